The second-order valence-corrected chi connectivity index (χ2v) is 7.30. The average molecular weight is 455 g/mol. The predicted molar refractivity (Wildman–Crippen MR) is 121 cm³/mol. The first-order valence-corrected chi connectivity index (χ1v) is 10.6. The van der Waals surface area contributed by atoms with Gasteiger partial charge < -0.3 is 15.4 Å². The van der Waals surface area contributed by atoms with Gasteiger partial charge in [0.1, 0.15) is 17.1 Å². The van der Waals surface area contributed by atoms with E-state index in [0.717, 1.165) is 31.9 Å². The summed E-state index contributed by atoms with van der Waals surface area (Å²) in [4.78, 5) is 7.87. The number of rotatable bonds is 10. The molecule has 9 heteroatoms. The quantitative estimate of drug-likeness (QED) is 0.327. The molecule has 2 aromatic carbocycles. The van der Waals surface area contributed by atoms with Crippen molar-refractivity contribution in [3.63, 3.8) is 0 Å². The maximum absolute atomic E-state index is 13.6. The van der Waals surface area contributed by atoms with E-state index >= 15 is 0 Å². The largest absolute Gasteiger partial charge is 0.491 e. The Balaban J connectivity index is 1.83. The van der Waals surface area contributed by atoms with Crippen LogP contribution in [-0.4, -0.2) is 16.6 Å². The van der Waals surface area contributed by atoms with Crippen LogP contribution in [0.2, 0.25) is 0 Å². The monoisotopic (exact) mass is 455 g/mol. The summed E-state index contributed by atoms with van der Waals surface area (Å²) in [5.41, 5.74) is 0.380. The molecule has 0 spiro atoms. The number of ether oxygens (including phenoxy) is 1. The van der Waals surface area contributed by atoms with E-state index in [0.29, 0.717) is 29.3 Å². The molecule has 0 saturated carbocycles. The lowest BCUT2D eigenvalue weighted by atomic mass is 10.2. The number of alkyl halides is 3. The molecule has 1 aromatic heterocycles. The molecule has 2 N–H and O–H groups in total. The number of nitrogens with one attached hydrogen (secondary N) is 2. The van der Waals surface area contributed by atoms with E-state index in [4.69, 9.17) is 10.00 Å². The van der Waals surface area contributed by atoms with E-state index in [9.17, 15) is 13.2 Å². The van der Waals surface area contributed by atoms with Crippen LogP contribution in [0.4, 0.5) is 36.3 Å². The first-order valence-electron chi connectivity index (χ1n) is 10.6. The highest BCUT2D eigenvalue weighted by Crippen LogP contribution is 2.37. The number of hydrogen-bond acceptors (Lipinski definition) is 6. The number of nitriles is 1. The summed E-state index contributed by atoms with van der Waals surface area (Å²) in [7, 11) is 0. The van der Waals surface area contributed by atoms with Gasteiger partial charge in [0.05, 0.1) is 23.9 Å². The van der Waals surface area contributed by atoms with Gasteiger partial charge in [0.25, 0.3) is 0 Å². The fraction of sp³-hybridized carbons (Fsp3) is 0.292. The molecule has 0 radical (unpaired) electrons. The van der Waals surface area contributed by atoms with E-state index in [1.807, 2.05) is 6.07 Å². The van der Waals surface area contributed by atoms with Gasteiger partial charge in [-0.25, -0.2) is 4.98 Å². The first kappa shape index (κ1) is 23.9. The van der Waals surface area contributed by atoms with E-state index in [2.05, 4.69) is 27.5 Å². The van der Waals surface area contributed by atoms with Crippen LogP contribution in [0.25, 0.3) is 0 Å². The Kier molecular flexibility index (Phi) is 8.08. The van der Waals surface area contributed by atoms with Gasteiger partial charge in [-0.1, -0.05) is 38.3 Å². The molecule has 0 aliphatic carbocycles. The number of benzene rings is 2. The van der Waals surface area contributed by atoms with Crippen LogP contribution < -0.4 is 15.4 Å². The summed E-state index contributed by atoms with van der Waals surface area (Å²) in [6, 6.07) is 15.2. The van der Waals surface area contributed by atoms with Crippen molar-refractivity contribution >= 4 is 23.1 Å². The summed E-state index contributed by atoms with van der Waals surface area (Å²) in [6.07, 6.45) is 0.183. The third kappa shape index (κ3) is 6.84. The van der Waals surface area contributed by atoms with Crippen molar-refractivity contribution in [2.24, 2.45) is 0 Å². The molecule has 0 atom stereocenters. The average Bonchev–Trinajstić information content (AvgIpc) is 2.80. The maximum atomic E-state index is 13.6. The number of halogens is 3. The highest BCUT2D eigenvalue weighted by molar-refractivity contribution is 5.67. The van der Waals surface area contributed by atoms with Gasteiger partial charge in [-0.15, -0.1) is 0 Å². The van der Waals surface area contributed by atoms with Gasteiger partial charge in [-0.2, -0.15) is 23.4 Å². The summed E-state index contributed by atoms with van der Waals surface area (Å²) in [5, 5.41) is 14.5. The third-order valence-electron chi connectivity index (χ3n) is 4.76. The third-order valence-corrected chi connectivity index (χ3v) is 4.76. The number of hydrogen-bond donors (Lipinski definition) is 2. The minimum atomic E-state index is -4.65. The molecule has 172 valence electrons. The second-order valence-electron chi connectivity index (χ2n) is 7.30. The zero-order valence-electron chi connectivity index (χ0n) is 18.1. The first-order chi connectivity index (χ1) is 15.9. The van der Waals surface area contributed by atoms with Gasteiger partial charge >= 0.3 is 6.18 Å². The fourth-order valence-electron chi connectivity index (χ4n) is 3.04. The van der Waals surface area contributed by atoms with Crippen molar-refractivity contribution in [3.05, 3.63) is 65.9 Å². The molecular weight excluding hydrogens is 431 g/mol. The highest BCUT2D eigenvalue weighted by Gasteiger charge is 2.35. The Hall–Kier alpha value is -3.80. The number of aromatic nitrogens is 2. The minimum Gasteiger partial charge on any atom is -0.491 e. The summed E-state index contributed by atoms with van der Waals surface area (Å²) < 4.78 is 46.6. The number of nitrogens with zero attached hydrogens (tertiary/aromatic N) is 3. The molecule has 0 fully saturated rings. The predicted octanol–water partition coefficient (Wildman–Crippen LogP) is 6.81. The molecule has 3 aromatic rings. The van der Waals surface area contributed by atoms with Crippen molar-refractivity contribution in [2.45, 2.75) is 38.8 Å². The zero-order chi connectivity index (χ0) is 23.7. The molecular formula is C24H24F3N5O. The van der Waals surface area contributed by atoms with Crippen LogP contribution in [0, 0.1) is 11.3 Å². The Labute approximate surface area is 190 Å². The standard InChI is InChI=1S/C24H24F3N5O/c1-2-3-4-7-14-33-21-9-6-5-8-20(21)31-22-19(24(25,26)27)16-29-23(32-22)30-18-12-10-17(15-28)11-13-18/h5-6,8-13,16H,2-4,7,14H2,1H3,(H2,29,30,31,32). The van der Waals surface area contributed by atoms with Crippen molar-refractivity contribution in [1.29, 1.82) is 5.26 Å². The van der Waals surface area contributed by atoms with Gasteiger partial charge in [-0.05, 0) is 42.8 Å². The SMILES string of the molecule is CCCCCCOc1ccccc1Nc1nc(Nc2ccc(C#N)cc2)ncc1C(F)(F)F. The van der Waals surface area contributed by atoms with Crippen LogP contribution in [-0.2, 0) is 6.18 Å². The van der Waals surface area contributed by atoms with Gasteiger partial charge in [0.15, 0.2) is 0 Å². The topological polar surface area (TPSA) is 82.9 Å². The molecule has 1 heterocycles. The lowest BCUT2D eigenvalue weighted by Crippen LogP contribution is -2.13. The maximum Gasteiger partial charge on any atom is 0.421 e. The van der Waals surface area contributed by atoms with E-state index in [1.54, 1.807) is 48.5 Å². The Morgan fingerprint density at radius 1 is 1.00 bits per heavy atom. The van der Waals surface area contributed by atoms with E-state index in [-0.39, 0.29) is 5.95 Å². The van der Waals surface area contributed by atoms with E-state index in [1.165, 1.54) is 0 Å². The van der Waals surface area contributed by atoms with Crippen LogP contribution >= 0.6 is 0 Å². The molecule has 0 amide bonds. The van der Waals surface area contributed by atoms with Crippen molar-refractivity contribution < 1.29 is 17.9 Å². The molecule has 33 heavy (non-hydrogen) atoms. The molecule has 0 unspecified atom stereocenters. The van der Waals surface area contributed by atoms with Gasteiger partial charge in [0, 0.05) is 11.9 Å². The zero-order valence-corrected chi connectivity index (χ0v) is 18.1. The number of unbranched alkanes of at least 4 members (excludes halogenated alkanes) is 3. The van der Waals surface area contributed by atoms with Crippen molar-refractivity contribution in [3.8, 4) is 11.8 Å². The molecule has 0 bridgehead atoms. The molecule has 0 saturated heterocycles. The summed E-state index contributed by atoms with van der Waals surface area (Å²) in [6.45, 7) is 2.59. The highest BCUT2D eigenvalue weighted by atomic mass is 19.4. The van der Waals surface area contributed by atoms with Crippen LogP contribution in [0.15, 0.2) is 54.7 Å². The number of para-hydroxylation sites is 2. The Bertz CT molecular complexity index is 1090. The van der Waals surface area contributed by atoms with Crippen LogP contribution in [0.1, 0.15) is 43.7 Å². The molecule has 0 aliphatic rings. The van der Waals surface area contributed by atoms with Crippen LogP contribution in [0.5, 0.6) is 5.75 Å². The summed E-state index contributed by atoms with van der Waals surface area (Å²) >= 11 is 0. The fourth-order valence-corrected chi connectivity index (χ4v) is 3.04. The molecule has 3 rings (SSSR count). The number of anilines is 4. The van der Waals surface area contributed by atoms with Crippen molar-refractivity contribution in [1.82, 2.24) is 9.97 Å². The smallest absolute Gasteiger partial charge is 0.421 e. The Morgan fingerprint density at radius 3 is 2.45 bits per heavy atom. The summed E-state index contributed by atoms with van der Waals surface area (Å²) in [5.74, 6) is 0.0335. The van der Waals surface area contributed by atoms with E-state index < -0.39 is 17.6 Å². The lowest BCUT2D eigenvalue weighted by Gasteiger charge is -2.17. The second kappa shape index (κ2) is 11.2. The minimum absolute atomic E-state index is 0.0202. The molecule has 0 aliphatic heterocycles. The van der Waals surface area contributed by atoms with Gasteiger partial charge in [-0.3, -0.25) is 0 Å². The molecule has 6 nitrogen and oxygen atoms in total. The van der Waals surface area contributed by atoms with Crippen molar-refractivity contribution in [2.75, 3.05) is 17.2 Å². The lowest BCUT2D eigenvalue weighted by molar-refractivity contribution is -0.137. The van der Waals surface area contributed by atoms with Crippen LogP contribution in [0.3, 0.4) is 0 Å². The normalized spacial score (nSPS) is 11.0. The van der Waals surface area contributed by atoms with Gasteiger partial charge in [0.2, 0.25) is 5.95 Å². The Morgan fingerprint density at radius 2 is 1.76 bits per heavy atom.